The van der Waals surface area contributed by atoms with Crippen molar-refractivity contribution >= 4 is 34.1 Å². The van der Waals surface area contributed by atoms with Crippen LogP contribution in [0.1, 0.15) is 5.56 Å². The maximum Gasteiger partial charge on any atom is 0.416 e. The molecule has 0 atom stereocenters. The van der Waals surface area contributed by atoms with E-state index >= 15 is 0 Å². The second kappa shape index (κ2) is 8.19. The highest BCUT2D eigenvalue weighted by Gasteiger charge is 2.31. The van der Waals surface area contributed by atoms with E-state index in [0.717, 1.165) is 23.3 Å². The quantitative estimate of drug-likeness (QED) is 0.364. The predicted molar refractivity (Wildman–Crippen MR) is 111 cm³/mol. The molecule has 154 valence electrons. The van der Waals surface area contributed by atoms with Crippen LogP contribution in [0.5, 0.6) is 0 Å². The maximum absolute atomic E-state index is 13.2. The number of aromatic amines is 1. The van der Waals surface area contributed by atoms with E-state index in [1.165, 1.54) is 6.07 Å². The Labute approximate surface area is 174 Å². The molecule has 0 amide bonds. The van der Waals surface area contributed by atoms with Crippen molar-refractivity contribution in [3.63, 3.8) is 0 Å². The van der Waals surface area contributed by atoms with E-state index in [-0.39, 0.29) is 16.4 Å². The highest BCUT2D eigenvalue weighted by atomic mass is 35.5. The summed E-state index contributed by atoms with van der Waals surface area (Å²) in [5, 5.41) is 13.9. The monoisotopic (exact) mass is 432 g/mol. The molecule has 0 fully saturated rings. The van der Waals surface area contributed by atoms with Crippen LogP contribution < -0.4 is 10.6 Å². The Bertz CT molecular complexity index is 1160. The average Bonchev–Trinajstić information content (AvgIpc) is 3.24. The summed E-state index contributed by atoms with van der Waals surface area (Å²) >= 11 is 6.18. The number of alkyl halides is 3. The van der Waals surface area contributed by atoms with Crippen LogP contribution in [-0.4, -0.2) is 33.3 Å². The molecule has 2 heterocycles. The average molecular weight is 433 g/mol. The number of halogens is 4. The first-order chi connectivity index (χ1) is 14.4. The molecule has 30 heavy (non-hydrogen) atoms. The number of nitrogens with zero attached hydrogens (tertiary/aromatic N) is 3. The first-order valence-corrected chi connectivity index (χ1v) is 9.40. The number of benzene rings is 2. The lowest BCUT2D eigenvalue weighted by Crippen LogP contribution is -2.15. The minimum absolute atomic E-state index is 0.119. The standard InChI is InChI=1S/C20H16ClF3N6/c21-15-6-5-12(20(22,23)24)11-14(15)19-28-16-4-2-1-3-13(16)18(29-19)26-10-9-25-17-7-8-27-30-17/h1-8,11H,9-10H2,(H2,25,27,30)(H,26,28,29). The molecule has 10 heteroatoms. The molecule has 6 nitrogen and oxygen atoms in total. The van der Waals surface area contributed by atoms with E-state index in [1.54, 1.807) is 24.4 Å². The van der Waals surface area contributed by atoms with E-state index in [4.69, 9.17) is 11.6 Å². The van der Waals surface area contributed by atoms with Gasteiger partial charge >= 0.3 is 6.18 Å². The molecule has 0 saturated carbocycles. The van der Waals surface area contributed by atoms with Crippen LogP contribution in [0.25, 0.3) is 22.3 Å². The van der Waals surface area contributed by atoms with Crippen molar-refractivity contribution in [1.82, 2.24) is 20.2 Å². The van der Waals surface area contributed by atoms with Gasteiger partial charge in [0, 0.05) is 24.0 Å². The van der Waals surface area contributed by atoms with Gasteiger partial charge in [-0.3, -0.25) is 5.10 Å². The Morgan fingerprint density at radius 3 is 2.53 bits per heavy atom. The SMILES string of the molecule is FC(F)(F)c1ccc(Cl)c(-c2nc(NCCNc3ccn[nH]3)c3ccccc3n2)c1. The summed E-state index contributed by atoms with van der Waals surface area (Å²) in [7, 11) is 0. The van der Waals surface area contributed by atoms with Crippen molar-refractivity contribution in [2.24, 2.45) is 0 Å². The fourth-order valence-electron chi connectivity index (χ4n) is 2.94. The Morgan fingerprint density at radius 2 is 1.77 bits per heavy atom. The van der Waals surface area contributed by atoms with Crippen molar-refractivity contribution in [1.29, 1.82) is 0 Å². The van der Waals surface area contributed by atoms with Crippen molar-refractivity contribution < 1.29 is 13.2 Å². The van der Waals surface area contributed by atoms with Gasteiger partial charge in [-0.25, -0.2) is 9.97 Å². The van der Waals surface area contributed by atoms with Gasteiger partial charge in [-0.2, -0.15) is 18.3 Å². The van der Waals surface area contributed by atoms with Gasteiger partial charge in [0.05, 0.1) is 22.3 Å². The molecule has 0 saturated heterocycles. The van der Waals surface area contributed by atoms with E-state index in [2.05, 4.69) is 30.8 Å². The van der Waals surface area contributed by atoms with Gasteiger partial charge in [-0.1, -0.05) is 23.7 Å². The molecule has 0 radical (unpaired) electrons. The topological polar surface area (TPSA) is 78.5 Å². The lowest BCUT2D eigenvalue weighted by molar-refractivity contribution is -0.137. The molecule has 0 aliphatic heterocycles. The van der Waals surface area contributed by atoms with Crippen LogP contribution in [0.4, 0.5) is 24.8 Å². The fourth-order valence-corrected chi connectivity index (χ4v) is 3.14. The minimum atomic E-state index is -4.49. The summed E-state index contributed by atoms with van der Waals surface area (Å²) in [6.07, 6.45) is -2.85. The highest BCUT2D eigenvalue weighted by molar-refractivity contribution is 6.33. The van der Waals surface area contributed by atoms with Gasteiger partial charge in [-0.05, 0) is 36.4 Å². The van der Waals surface area contributed by atoms with Gasteiger partial charge in [0.2, 0.25) is 0 Å². The number of anilines is 2. The molecule has 0 bridgehead atoms. The number of hydrogen-bond acceptors (Lipinski definition) is 5. The summed E-state index contributed by atoms with van der Waals surface area (Å²) in [5.41, 5.74) is -0.0900. The summed E-state index contributed by atoms with van der Waals surface area (Å²) in [6.45, 7) is 1.08. The lowest BCUT2D eigenvalue weighted by Gasteiger charge is -2.13. The fraction of sp³-hybridized carbons (Fsp3) is 0.150. The molecule has 4 rings (SSSR count). The molecule has 2 aromatic carbocycles. The van der Waals surface area contributed by atoms with E-state index < -0.39 is 11.7 Å². The minimum Gasteiger partial charge on any atom is -0.369 e. The third kappa shape index (κ3) is 4.30. The molecule has 2 aromatic heterocycles. The van der Waals surface area contributed by atoms with Gasteiger partial charge in [0.1, 0.15) is 11.6 Å². The zero-order chi connectivity index (χ0) is 21.1. The molecule has 0 spiro atoms. The van der Waals surface area contributed by atoms with Gasteiger partial charge in [-0.15, -0.1) is 0 Å². The largest absolute Gasteiger partial charge is 0.416 e. The number of aromatic nitrogens is 4. The number of rotatable bonds is 6. The summed E-state index contributed by atoms with van der Waals surface area (Å²) in [6, 6.07) is 12.2. The van der Waals surface area contributed by atoms with E-state index in [0.29, 0.717) is 24.4 Å². The molecular formula is C20H16ClF3N6. The first kappa shape index (κ1) is 20.0. The van der Waals surface area contributed by atoms with Crippen LogP contribution in [0, 0.1) is 0 Å². The zero-order valence-corrected chi connectivity index (χ0v) is 16.2. The first-order valence-electron chi connectivity index (χ1n) is 9.03. The third-order valence-corrected chi connectivity index (χ3v) is 4.70. The lowest BCUT2D eigenvalue weighted by atomic mass is 10.1. The van der Waals surface area contributed by atoms with Crippen LogP contribution in [0.15, 0.2) is 54.7 Å². The zero-order valence-electron chi connectivity index (χ0n) is 15.5. The summed E-state index contributed by atoms with van der Waals surface area (Å²) < 4.78 is 39.5. The van der Waals surface area contributed by atoms with Crippen LogP contribution in [0.3, 0.4) is 0 Å². The second-order valence-electron chi connectivity index (χ2n) is 6.43. The number of H-pyrrole nitrogens is 1. The molecule has 0 unspecified atom stereocenters. The number of hydrogen-bond donors (Lipinski definition) is 3. The Hall–Kier alpha value is -3.33. The molecule has 0 aliphatic rings. The molecule has 3 N–H and O–H groups in total. The smallest absolute Gasteiger partial charge is 0.369 e. The second-order valence-corrected chi connectivity index (χ2v) is 6.84. The van der Waals surface area contributed by atoms with Crippen molar-refractivity contribution in [2.75, 3.05) is 23.7 Å². The Kier molecular flexibility index (Phi) is 5.45. The van der Waals surface area contributed by atoms with Gasteiger partial charge in [0.25, 0.3) is 0 Å². The van der Waals surface area contributed by atoms with Gasteiger partial charge < -0.3 is 10.6 Å². The van der Waals surface area contributed by atoms with Gasteiger partial charge in [0.15, 0.2) is 5.82 Å². The Morgan fingerprint density at radius 1 is 0.967 bits per heavy atom. The van der Waals surface area contributed by atoms with E-state index in [9.17, 15) is 13.2 Å². The normalized spacial score (nSPS) is 11.6. The van der Waals surface area contributed by atoms with Crippen LogP contribution in [0.2, 0.25) is 5.02 Å². The van der Waals surface area contributed by atoms with Crippen molar-refractivity contribution in [3.05, 3.63) is 65.3 Å². The maximum atomic E-state index is 13.2. The molecule has 4 aromatic rings. The number of para-hydroxylation sites is 1. The number of fused-ring (bicyclic) bond motifs is 1. The number of nitrogens with one attached hydrogen (secondary N) is 3. The summed E-state index contributed by atoms with van der Waals surface area (Å²) in [4.78, 5) is 8.89. The molecular weight excluding hydrogens is 417 g/mol. The van der Waals surface area contributed by atoms with Crippen molar-refractivity contribution in [3.8, 4) is 11.4 Å². The predicted octanol–water partition coefficient (Wildman–Crippen LogP) is 5.22. The highest BCUT2D eigenvalue weighted by Crippen LogP contribution is 2.36. The third-order valence-electron chi connectivity index (χ3n) is 4.37. The Balaban J connectivity index is 1.66. The summed E-state index contributed by atoms with van der Waals surface area (Å²) in [5.74, 6) is 1.41. The molecule has 0 aliphatic carbocycles. The van der Waals surface area contributed by atoms with Crippen LogP contribution in [-0.2, 0) is 6.18 Å². The van der Waals surface area contributed by atoms with Crippen molar-refractivity contribution in [2.45, 2.75) is 6.18 Å². The van der Waals surface area contributed by atoms with Crippen LogP contribution >= 0.6 is 11.6 Å². The van der Waals surface area contributed by atoms with E-state index in [1.807, 2.05) is 12.1 Å².